The Kier molecular flexibility index (Phi) is 5.85. The summed E-state index contributed by atoms with van der Waals surface area (Å²) in [5.74, 6) is 1.13. The molecule has 26 heavy (non-hydrogen) atoms. The summed E-state index contributed by atoms with van der Waals surface area (Å²) in [5.41, 5.74) is 2.80. The third-order valence-corrected chi connectivity index (χ3v) is 5.99. The fraction of sp³-hybridized carbons (Fsp3) is 0.522. The lowest BCUT2D eigenvalue weighted by Gasteiger charge is -2.37. The van der Waals surface area contributed by atoms with Gasteiger partial charge in [-0.15, -0.1) is 0 Å². The van der Waals surface area contributed by atoms with Crippen molar-refractivity contribution in [2.24, 2.45) is 0 Å². The van der Waals surface area contributed by atoms with Crippen molar-refractivity contribution >= 4 is 5.82 Å². The van der Waals surface area contributed by atoms with Gasteiger partial charge in [0.25, 0.3) is 0 Å². The van der Waals surface area contributed by atoms with Crippen LogP contribution in [0.1, 0.15) is 68.5 Å². The molecular formula is C23H31N3. The van der Waals surface area contributed by atoms with Crippen molar-refractivity contribution in [1.29, 1.82) is 0 Å². The van der Waals surface area contributed by atoms with Gasteiger partial charge >= 0.3 is 0 Å². The summed E-state index contributed by atoms with van der Waals surface area (Å²) in [6, 6.07) is 16.4. The van der Waals surface area contributed by atoms with Crippen molar-refractivity contribution in [1.82, 2.24) is 9.88 Å². The maximum Gasteiger partial charge on any atom is 0.130 e. The second-order valence-electron chi connectivity index (χ2n) is 7.89. The van der Waals surface area contributed by atoms with Crippen molar-refractivity contribution in [3.8, 4) is 0 Å². The molecule has 138 valence electrons. The van der Waals surface area contributed by atoms with E-state index in [9.17, 15) is 0 Å². The molecule has 1 saturated carbocycles. The molecule has 3 heteroatoms. The molecule has 1 aliphatic heterocycles. The molecule has 0 radical (unpaired) electrons. The average Bonchev–Trinajstić information content (AvgIpc) is 2.71. The number of rotatable bonds is 5. The van der Waals surface area contributed by atoms with Crippen molar-refractivity contribution < 1.29 is 0 Å². The Morgan fingerprint density at radius 3 is 2.54 bits per heavy atom. The number of hydrogen-bond acceptors (Lipinski definition) is 3. The zero-order chi connectivity index (χ0) is 17.6. The molecule has 1 aliphatic carbocycles. The molecule has 2 fully saturated rings. The fourth-order valence-corrected chi connectivity index (χ4v) is 4.60. The van der Waals surface area contributed by atoms with Gasteiger partial charge in [-0.3, -0.25) is 4.90 Å². The second-order valence-corrected chi connectivity index (χ2v) is 7.89. The van der Waals surface area contributed by atoms with Gasteiger partial charge in [-0.25, -0.2) is 4.98 Å². The first-order valence-electron chi connectivity index (χ1n) is 10.4. The van der Waals surface area contributed by atoms with E-state index in [0.29, 0.717) is 12.1 Å². The summed E-state index contributed by atoms with van der Waals surface area (Å²) < 4.78 is 0. The smallest absolute Gasteiger partial charge is 0.130 e. The van der Waals surface area contributed by atoms with Crippen molar-refractivity contribution in [2.75, 3.05) is 11.9 Å². The lowest BCUT2D eigenvalue weighted by molar-refractivity contribution is 0.140. The minimum atomic E-state index is 0.476. The number of aromatic nitrogens is 1. The molecule has 1 N–H and O–H groups in total. The number of benzene rings is 1. The molecule has 1 saturated heterocycles. The van der Waals surface area contributed by atoms with Gasteiger partial charge in [0.15, 0.2) is 0 Å². The first-order valence-corrected chi connectivity index (χ1v) is 10.4. The van der Waals surface area contributed by atoms with Crippen LogP contribution in [0.4, 0.5) is 5.82 Å². The van der Waals surface area contributed by atoms with Gasteiger partial charge in [0.2, 0.25) is 0 Å². The third kappa shape index (κ3) is 4.27. The lowest BCUT2D eigenvalue weighted by Crippen LogP contribution is -2.34. The summed E-state index contributed by atoms with van der Waals surface area (Å²) in [6.07, 6.45) is 12.5. The molecule has 1 aromatic heterocycles. The van der Waals surface area contributed by atoms with E-state index in [1.165, 1.54) is 69.0 Å². The van der Waals surface area contributed by atoms with Crippen LogP contribution in [0.15, 0.2) is 48.7 Å². The van der Waals surface area contributed by atoms with Gasteiger partial charge in [0.1, 0.15) is 5.82 Å². The maximum absolute atomic E-state index is 4.75. The first-order chi connectivity index (χ1) is 12.9. The Hall–Kier alpha value is -1.87. The fourth-order valence-electron chi connectivity index (χ4n) is 4.60. The zero-order valence-electron chi connectivity index (χ0n) is 15.7. The monoisotopic (exact) mass is 349 g/mol. The second kappa shape index (κ2) is 8.68. The van der Waals surface area contributed by atoms with Crippen molar-refractivity contribution in [3.63, 3.8) is 0 Å². The quantitative estimate of drug-likeness (QED) is 0.766. The standard InChI is InChI=1S/C23H31N3/c1-3-10-19(11-4-1)18-26-17-8-7-15-22(26)21-14-9-16-24-23(21)25-20-12-5-2-6-13-20/h1,3-4,9-11,14,16,20,22H,2,5-8,12-13,15,17-18H2,(H,24,25)/t22-/m0/s1. The van der Waals surface area contributed by atoms with E-state index in [1.807, 2.05) is 6.20 Å². The van der Waals surface area contributed by atoms with E-state index in [-0.39, 0.29) is 0 Å². The van der Waals surface area contributed by atoms with Crippen LogP contribution in [0.25, 0.3) is 0 Å². The summed E-state index contributed by atoms with van der Waals surface area (Å²) in [5, 5.41) is 3.79. The number of nitrogens with one attached hydrogen (secondary N) is 1. The Morgan fingerprint density at radius 2 is 1.69 bits per heavy atom. The minimum absolute atomic E-state index is 0.476. The van der Waals surface area contributed by atoms with Crippen LogP contribution in [-0.4, -0.2) is 22.5 Å². The predicted octanol–water partition coefficient (Wildman–Crippen LogP) is 5.55. The number of hydrogen-bond donors (Lipinski definition) is 1. The average molecular weight is 350 g/mol. The highest BCUT2D eigenvalue weighted by molar-refractivity contribution is 5.46. The van der Waals surface area contributed by atoms with Gasteiger partial charge in [-0.1, -0.05) is 62.1 Å². The number of anilines is 1. The van der Waals surface area contributed by atoms with Crippen LogP contribution in [0.2, 0.25) is 0 Å². The Balaban J connectivity index is 1.54. The Morgan fingerprint density at radius 1 is 0.885 bits per heavy atom. The molecule has 0 spiro atoms. The highest BCUT2D eigenvalue weighted by Crippen LogP contribution is 2.36. The molecule has 1 aromatic carbocycles. The van der Waals surface area contributed by atoms with E-state index in [0.717, 1.165) is 12.4 Å². The zero-order valence-corrected chi connectivity index (χ0v) is 15.7. The molecule has 0 bridgehead atoms. The maximum atomic E-state index is 4.75. The van der Waals surface area contributed by atoms with Crippen LogP contribution in [0.5, 0.6) is 0 Å². The van der Waals surface area contributed by atoms with Gasteiger partial charge < -0.3 is 5.32 Å². The molecular weight excluding hydrogens is 318 g/mol. The summed E-state index contributed by atoms with van der Waals surface area (Å²) >= 11 is 0. The summed E-state index contributed by atoms with van der Waals surface area (Å²) in [7, 11) is 0. The van der Waals surface area contributed by atoms with E-state index < -0.39 is 0 Å². The number of pyridine rings is 1. The van der Waals surface area contributed by atoms with Gasteiger partial charge in [0.05, 0.1) is 0 Å². The van der Waals surface area contributed by atoms with Crippen LogP contribution < -0.4 is 5.32 Å². The SMILES string of the molecule is c1ccc(CN2CCCC[C@H]2c2cccnc2NC2CCCCC2)cc1. The number of nitrogens with zero attached hydrogens (tertiary/aromatic N) is 2. The van der Waals surface area contributed by atoms with Crippen molar-refractivity contribution in [3.05, 3.63) is 59.8 Å². The van der Waals surface area contributed by atoms with Gasteiger partial charge in [-0.05, 0) is 43.9 Å². The molecule has 2 aromatic rings. The lowest BCUT2D eigenvalue weighted by atomic mass is 9.93. The topological polar surface area (TPSA) is 28.2 Å². The Bertz CT molecular complexity index is 679. The molecule has 2 heterocycles. The van der Waals surface area contributed by atoms with Crippen molar-refractivity contribution in [2.45, 2.75) is 70.0 Å². The predicted molar refractivity (Wildman–Crippen MR) is 108 cm³/mol. The van der Waals surface area contributed by atoms with Crippen LogP contribution >= 0.6 is 0 Å². The van der Waals surface area contributed by atoms with Crippen LogP contribution in [-0.2, 0) is 6.54 Å². The summed E-state index contributed by atoms with van der Waals surface area (Å²) in [4.78, 5) is 7.41. The normalized spacial score (nSPS) is 22.2. The van der Waals surface area contributed by atoms with E-state index >= 15 is 0 Å². The van der Waals surface area contributed by atoms with E-state index in [4.69, 9.17) is 4.98 Å². The first kappa shape index (κ1) is 17.5. The van der Waals surface area contributed by atoms with Gasteiger partial charge in [-0.2, -0.15) is 0 Å². The largest absolute Gasteiger partial charge is 0.367 e. The van der Waals surface area contributed by atoms with Gasteiger partial charge in [0, 0.05) is 30.4 Å². The molecule has 4 rings (SSSR count). The minimum Gasteiger partial charge on any atom is -0.367 e. The van der Waals surface area contributed by atoms with E-state index in [1.54, 1.807) is 0 Å². The molecule has 0 amide bonds. The molecule has 3 nitrogen and oxygen atoms in total. The highest BCUT2D eigenvalue weighted by Gasteiger charge is 2.27. The molecule has 1 atom stereocenters. The van der Waals surface area contributed by atoms with E-state index in [2.05, 4.69) is 52.7 Å². The Labute approximate surface area is 157 Å². The van der Waals surface area contributed by atoms with Crippen LogP contribution in [0, 0.1) is 0 Å². The molecule has 0 unspecified atom stereocenters. The number of piperidine rings is 1. The molecule has 2 aliphatic rings. The van der Waals surface area contributed by atoms with Crippen LogP contribution in [0.3, 0.4) is 0 Å². The third-order valence-electron chi connectivity index (χ3n) is 5.99. The number of likely N-dealkylation sites (tertiary alicyclic amines) is 1. The summed E-state index contributed by atoms with van der Waals surface area (Å²) in [6.45, 7) is 2.21. The highest BCUT2D eigenvalue weighted by atomic mass is 15.2.